The van der Waals surface area contributed by atoms with Gasteiger partial charge in [-0.1, -0.05) is 13.3 Å². The Morgan fingerprint density at radius 2 is 2.12 bits per heavy atom. The van der Waals surface area contributed by atoms with Crippen molar-refractivity contribution in [3.8, 4) is 6.07 Å². The van der Waals surface area contributed by atoms with Crippen LogP contribution in [0, 0.1) is 11.3 Å². The molecule has 0 aromatic heterocycles. The number of hydrogen-bond acceptors (Lipinski definition) is 3. The van der Waals surface area contributed by atoms with Crippen LogP contribution in [0.1, 0.15) is 46.5 Å². The van der Waals surface area contributed by atoms with Crippen molar-refractivity contribution in [2.45, 2.75) is 58.0 Å². The molecule has 1 atom stereocenters. The first kappa shape index (κ1) is 14.5. The smallest absolute Gasteiger partial charge is 0.0638 e. The zero-order chi connectivity index (χ0) is 12.9. The summed E-state index contributed by atoms with van der Waals surface area (Å²) in [4.78, 5) is 4.94. The summed E-state index contributed by atoms with van der Waals surface area (Å²) < 4.78 is 0. The number of hydrogen-bond donors (Lipinski definition) is 0. The molecule has 0 amide bonds. The van der Waals surface area contributed by atoms with E-state index in [1.54, 1.807) is 0 Å². The lowest BCUT2D eigenvalue weighted by Gasteiger charge is -2.41. The van der Waals surface area contributed by atoms with E-state index in [1.807, 2.05) is 0 Å². The monoisotopic (exact) mass is 237 g/mol. The van der Waals surface area contributed by atoms with Crippen LogP contribution in [-0.2, 0) is 0 Å². The lowest BCUT2D eigenvalue weighted by molar-refractivity contribution is 0.0754. The molecule has 1 aliphatic rings. The molecule has 0 radical (unpaired) electrons. The molecule has 1 fully saturated rings. The van der Waals surface area contributed by atoms with Crippen molar-refractivity contribution in [2.24, 2.45) is 0 Å². The Balaban J connectivity index is 2.82. The van der Waals surface area contributed by atoms with E-state index in [-0.39, 0.29) is 5.54 Å². The molecule has 1 heterocycles. The highest BCUT2D eigenvalue weighted by Gasteiger charge is 2.35. The standard InChI is InChI=1S/C14H27N3/c1-5-6-10-17-13(7-9-15)12-16(4)11-8-14(17,2)3/h13H,5-8,10-12H2,1-4H3. The van der Waals surface area contributed by atoms with E-state index in [2.05, 4.69) is 43.7 Å². The third-order valence-electron chi connectivity index (χ3n) is 3.93. The molecule has 0 saturated carbocycles. The first-order valence-electron chi connectivity index (χ1n) is 6.83. The molecule has 0 aromatic carbocycles. The van der Waals surface area contributed by atoms with Crippen molar-refractivity contribution in [3.63, 3.8) is 0 Å². The maximum Gasteiger partial charge on any atom is 0.0638 e. The van der Waals surface area contributed by atoms with Crippen molar-refractivity contribution in [1.82, 2.24) is 9.80 Å². The summed E-state index contributed by atoms with van der Waals surface area (Å²) in [5, 5.41) is 9.01. The minimum Gasteiger partial charge on any atom is -0.305 e. The summed E-state index contributed by atoms with van der Waals surface area (Å²) in [6, 6.07) is 2.76. The number of nitrogens with zero attached hydrogens (tertiary/aromatic N) is 3. The number of rotatable bonds is 4. The molecule has 1 rings (SSSR count). The van der Waals surface area contributed by atoms with Crippen LogP contribution >= 0.6 is 0 Å². The normalized spacial score (nSPS) is 26.4. The van der Waals surface area contributed by atoms with Gasteiger partial charge >= 0.3 is 0 Å². The van der Waals surface area contributed by atoms with Gasteiger partial charge in [0.15, 0.2) is 0 Å². The summed E-state index contributed by atoms with van der Waals surface area (Å²) >= 11 is 0. The van der Waals surface area contributed by atoms with Crippen LogP contribution < -0.4 is 0 Å². The van der Waals surface area contributed by atoms with Gasteiger partial charge in [-0.15, -0.1) is 0 Å². The lowest BCUT2D eigenvalue weighted by atomic mass is 9.95. The third-order valence-corrected chi connectivity index (χ3v) is 3.93. The van der Waals surface area contributed by atoms with Crippen molar-refractivity contribution < 1.29 is 0 Å². The average Bonchev–Trinajstić information content (AvgIpc) is 2.36. The quantitative estimate of drug-likeness (QED) is 0.752. The van der Waals surface area contributed by atoms with Gasteiger partial charge in [0.1, 0.15) is 0 Å². The highest BCUT2D eigenvalue weighted by Crippen LogP contribution is 2.27. The van der Waals surface area contributed by atoms with Gasteiger partial charge in [0.2, 0.25) is 0 Å². The summed E-state index contributed by atoms with van der Waals surface area (Å²) in [6.07, 6.45) is 4.30. The van der Waals surface area contributed by atoms with E-state index in [4.69, 9.17) is 5.26 Å². The first-order valence-corrected chi connectivity index (χ1v) is 6.83. The van der Waals surface area contributed by atoms with Gasteiger partial charge in [0.05, 0.1) is 12.5 Å². The fourth-order valence-corrected chi connectivity index (χ4v) is 2.75. The van der Waals surface area contributed by atoms with E-state index in [0.29, 0.717) is 12.5 Å². The van der Waals surface area contributed by atoms with Crippen LogP contribution in [0.5, 0.6) is 0 Å². The number of likely N-dealkylation sites (N-methyl/N-ethyl adjacent to an activating group) is 1. The fourth-order valence-electron chi connectivity index (χ4n) is 2.75. The molecule has 1 aliphatic heterocycles. The van der Waals surface area contributed by atoms with Crippen molar-refractivity contribution in [3.05, 3.63) is 0 Å². The van der Waals surface area contributed by atoms with E-state index in [9.17, 15) is 0 Å². The Hall–Kier alpha value is -0.590. The van der Waals surface area contributed by atoms with Gasteiger partial charge in [-0.25, -0.2) is 0 Å². The summed E-state index contributed by atoms with van der Waals surface area (Å²) in [5.74, 6) is 0. The highest BCUT2D eigenvalue weighted by molar-refractivity contribution is 4.95. The van der Waals surface area contributed by atoms with E-state index in [1.165, 1.54) is 19.3 Å². The minimum atomic E-state index is 0.224. The Bertz CT molecular complexity index is 267. The van der Waals surface area contributed by atoms with E-state index in [0.717, 1.165) is 19.6 Å². The predicted molar refractivity (Wildman–Crippen MR) is 71.8 cm³/mol. The van der Waals surface area contributed by atoms with Gasteiger partial charge < -0.3 is 4.90 Å². The Morgan fingerprint density at radius 1 is 1.41 bits per heavy atom. The third kappa shape index (κ3) is 3.97. The van der Waals surface area contributed by atoms with Crippen molar-refractivity contribution >= 4 is 0 Å². The Morgan fingerprint density at radius 3 is 2.71 bits per heavy atom. The minimum absolute atomic E-state index is 0.224. The van der Waals surface area contributed by atoms with E-state index >= 15 is 0 Å². The van der Waals surface area contributed by atoms with Crippen molar-refractivity contribution in [2.75, 3.05) is 26.7 Å². The van der Waals surface area contributed by atoms with Crippen LogP contribution in [-0.4, -0.2) is 48.1 Å². The molecular formula is C14H27N3. The predicted octanol–water partition coefficient (Wildman–Crippen LogP) is 2.48. The van der Waals surface area contributed by atoms with Crippen LogP contribution in [0.3, 0.4) is 0 Å². The molecule has 17 heavy (non-hydrogen) atoms. The maximum absolute atomic E-state index is 9.01. The zero-order valence-corrected chi connectivity index (χ0v) is 11.9. The molecule has 1 saturated heterocycles. The van der Waals surface area contributed by atoms with Crippen LogP contribution in [0.4, 0.5) is 0 Å². The number of unbranched alkanes of at least 4 members (excludes halogenated alkanes) is 1. The molecule has 0 bridgehead atoms. The second kappa shape index (κ2) is 6.37. The largest absolute Gasteiger partial charge is 0.305 e. The first-order chi connectivity index (χ1) is 8.01. The van der Waals surface area contributed by atoms with Crippen LogP contribution in [0.25, 0.3) is 0 Å². The summed E-state index contributed by atoms with van der Waals surface area (Å²) in [6.45, 7) is 10.2. The van der Waals surface area contributed by atoms with Crippen molar-refractivity contribution in [1.29, 1.82) is 5.26 Å². The maximum atomic E-state index is 9.01. The van der Waals surface area contributed by atoms with Gasteiger partial charge in [-0.3, -0.25) is 4.90 Å². The molecule has 0 aliphatic carbocycles. The summed E-state index contributed by atoms with van der Waals surface area (Å²) in [7, 11) is 2.17. The highest BCUT2D eigenvalue weighted by atomic mass is 15.3. The molecule has 0 N–H and O–H groups in total. The molecule has 98 valence electrons. The Labute approximate surface area is 106 Å². The topological polar surface area (TPSA) is 30.3 Å². The van der Waals surface area contributed by atoms with Gasteiger partial charge in [-0.2, -0.15) is 5.26 Å². The summed E-state index contributed by atoms with van der Waals surface area (Å²) in [5.41, 5.74) is 0.224. The SMILES string of the molecule is CCCCN1C(CC#N)CN(C)CCC1(C)C. The Kier molecular flexibility index (Phi) is 5.42. The molecular weight excluding hydrogens is 210 g/mol. The molecule has 1 unspecified atom stereocenters. The van der Waals surface area contributed by atoms with E-state index < -0.39 is 0 Å². The van der Waals surface area contributed by atoms with Crippen LogP contribution in [0.15, 0.2) is 0 Å². The number of nitriles is 1. The molecule has 0 aromatic rings. The fraction of sp³-hybridized carbons (Fsp3) is 0.929. The van der Waals surface area contributed by atoms with Gasteiger partial charge in [-0.05, 0) is 46.8 Å². The average molecular weight is 237 g/mol. The lowest BCUT2D eigenvalue weighted by Crippen LogP contribution is -2.50. The second-order valence-electron chi connectivity index (χ2n) is 5.89. The second-order valence-corrected chi connectivity index (χ2v) is 5.89. The van der Waals surface area contributed by atoms with Gasteiger partial charge in [0, 0.05) is 18.1 Å². The zero-order valence-electron chi connectivity index (χ0n) is 11.9. The molecule has 3 nitrogen and oxygen atoms in total. The van der Waals surface area contributed by atoms with Crippen LogP contribution in [0.2, 0.25) is 0 Å². The molecule has 0 spiro atoms. The van der Waals surface area contributed by atoms with Gasteiger partial charge in [0.25, 0.3) is 0 Å². The molecule has 3 heteroatoms.